The zero-order chi connectivity index (χ0) is 14.6. The molecular weight excluding hydrogens is 254 g/mol. The van der Waals surface area contributed by atoms with Crippen LogP contribution in [0, 0.1) is 0 Å². The monoisotopic (exact) mass is 269 g/mol. The van der Waals surface area contributed by atoms with E-state index in [0.717, 1.165) is 11.1 Å². The second-order valence-corrected chi connectivity index (χ2v) is 4.07. The summed E-state index contributed by atoms with van der Waals surface area (Å²) in [6.45, 7) is 2.97. The normalized spacial score (nSPS) is 11.9. The van der Waals surface area contributed by atoms with E-state index < -0.39 is 29.7 Å². The van der Waals surface area contributed by atoms with Crippen molar-refractivity contribution >= 4 is 11.9 Å². The van der Waals surface area contributed by atoms with Crippen molar-refractivity contribution in [3.05, 3.63) is 32.6 Å². The minimum Gasteiger partial charge on any atom is -0.480 e. The summed E-state index contributed by atoms with van der Waals surface area (Å²) in [7, 11) is 0. The van der Waals surface area contributed by atoms with E-state index in [1.54, 1.807) is 13.8 Å². The lowest BCUT2D eigenvalue weighted by Crippen LogP contribution is -2.44. The first kappa shape index (κ1) is 14.7. The maximum atomic E-state index is 12.1. The number of nitrogens with zero attached hydrogens (tertiary/aromatic N) is 1. The second kappa shape index (κ2) is 5.98. The van der Waals surface area contributed by atoms with Crippen LogP contribution in [0.4, 0.5) is 0 Å². The topological polar surface area (TPSA) is 123 Å². The first-order valence-electron chi connectivity index (χ1n) is 5.71. The molecule has 19 heavy (non-hydrogen) atoms. The third-order valence-electron chi connectivity index (χ3n) is 2.74. The van der Waals surface area contributed by atoms with E-state index in [4.69, 9.17) is 5.11 Å². The molecule has 8 nitrogen and oxygen atoms in total. The van der Waals surface area contributed by atoms with Crippen molar-refractivity contribution in [2.75, 3.05) is 6.54 Å². The largest absolute Gasteiger partial charge is 0.480 e. The minimum atomic E-state index is -1.17. The van der Waals surface area contributed by atoms with Gasteiger partial charge in [0.15, 0.2) is 0 Å². The second-order valence-electron chi connectivity index (χ2n) is 4.07. The van der Waals surface area contributed by atoms with Crippen molar-refractivity contribution in [1.29, 1.82) is 0 Å². The zero-order valence-corrected chi connectivity index (χ0v) is 10.6. The Hall–Kier alpha value is -2.38. The molecule has 0 saturated carbocycles. The molecule has 1 heterocycles. The number of H-pyrrole nitrogens is 2. The van der Waals surface area contributed by atoms with E-state index >= 15 is 0 Å². The molecule has 1 aromatic rings. The highest BCUT2D eigenvalue weighted by Gasteiger charge is 2.24. The number of hydrogen-bond donors (Lipinski definition) is 3. The molecule has 0 saturated heterocycles. The third kappa shape index (κ3) is 3.54. The molecule has 3 N–H and O–H groups in total. The average Bonchev–Trinajstić information content (AvgIpc) is 2.34. The summed E-state index contributed by atoms with van der Waals surface area (Å²) < 4.78 is 0. The van der Waals surface area contributed by atoms with Gasteiger partial charge < -0.3 is 15.0 Å². The van der Waals surface area contributed by atoms with Gasteiger partial charge in [-0.15, -0.1) is 0 Å². The lowest BCUT2D eigenvalue weighted by atomic mass is 10.2. The number of aromatic amines is 2. The highest BCUT2D eigenvalue weighted by Crippen LogP contribution is 2.07. The van der Waals surface area contributed by atoms with Crippen LogP contribution >= 0.6 is 0 Å². The Morgan fingerprint density at radius 1 is 1.42 bits per heavy atom. The van der Waals surface area contributed by atoms with Gasteiger partial charge in [-0.25, -0.2) is 4.79 Å². The molecule has 1 aromatic heterocycles. The lowest BCUT2D eigenvalue weighted by Gasteiger charge is -2.26. The fourth-order valence-corrected chi connectivity index (χ4v) is 1.52. The van der Waals surface area contributed by atoms with Gasteiger partial charge in [0.2, 0.25) is 0 Å². The zero-order valence-electron chi connectivity index (χ0n) is 10.6. The van der Waals surface area contributed by atoms with Gasteiger partial charge in [-0.1, -0.05) is 6.92 Å². The Kier molecular flexibility index (Phi) is 4.62. The molecule has 1 unspecified atom stereocenters. The van der Waals surface area contributed by atoms with Crippen molar-refractivity contribution in [3.63, 3.8) is 0 Å². The van der Waals surface area contributed by atoms with Crippen LogP contribution in [0.5, 0.6) is 0 Å². The highest BCUT2D eigenvalue weighted by molar-refractivity contribution is 5.95. The van der Waals surface area contributed by atoms with Crippen molar-refractivity contribution in [1.82, 2.24) is 14.9 Å². The van der Waals surface area contributed by atoms with Crippen LogP contribution in [0.2, 0.25) is 0 Å². The van der Waals surface area contributed by atoms with Crippen molar-refractivity contribution < 1.29 is 14.7 Å². The van der Waals surface area contributed by atoms with Crippen LogP contribution in [-0.2, 0) is 4.79 Å². The number of aromatic nitrogens is 2. The number of aliphatic carboxylic acids is 1. The quantitative estimate of drug-likeness (QED) is 0.657. The van der Waals surface area contributed by atoms with Crippen LogP contribution in [-0.4, -0.2) is 44.4 Å². The number of carbonyl (C=O) groups is 2. The highest BCUT2D eigenvalue weighted by atomic mass is 16.4. The Bertz CT molecular complexity index is 588. The van der Waals surface area contributed by atoms with Gasteiger partial charge in [0.1, 0.15) is 12.1 Å². The predicted octanol–water partition coefficient (Wildman–Crippen LogP) is -0.611. The molecule has 1 amide bonds. The fourth-order valence-electron chi connectivity index (χ4n) is 1.52. The molecule has 0 aliphatic heterocycles. The van der Waals surface area contributed by atoms with Crippen molar-refractivity contribution in [2.45, 2.75) is 26.3 Å². The molecule has 0 aliphatic carbocycles. The molecule has 1 atom stereocenters. The van der Waals surface area contributed by atoms with Gasteiger partial charge in [0, 0.05) is 12.2 Å². The molecule has 0 spiro atoms. The van der Waals surface area contributed by atoms with Crippen LogP contribution in [0.15, 0.2) is 15.8 Å². The summed E-state index contributed by atoms with van der Waals surface area (Å²) in [4.78, 5) is 50.5. The van der Waals surface area contributed by atoms with E-state index in [-0.39, 0.29) is 11.6 Å². The molecule has 0 fully saturated rings. The van der Waals surface area contributed by atoms with Gasteiger partial charge in [-0.3, -0.25) is 19.4 Å². The first-order valence-corrected chi connectivity index (χ1v) is 5.71. The minimum absolute atomic E-state index is 0.291. The smallest absolute Gasteiger partial charge is 0.325 e. The molecule has 0 aromatic carbocycles. The molecule has 8 heteroatoms. The maximum absolute atomic E-state index is 12.1. The van der Waals surface area contributed by atoms with E-state index in [1.807, 2.05) is 4.98 Å². The summed E-state index contributed by atoms with van der Waals surface area (Å²) in [6.07, 6.45) is 1.53. The Labute approximate surface area is 108 Å². The van der Waals surface area contributed by atoms with Gasteiger partial charge in [-0.05, 0) is 13.3 Å². The number of hydrogen-bond acceptors (Lipinski definition) is 4. The summed E-state index contributed by atoms with van der Waals surface area (Å²) in [5, 5.41) is 8.80. The molecule has 104 valence electrons. The van der Waals surface area contributed by atoms with Crippen LogP contribution in [0.25, 0.3) is 0 Å². The summed E-state index contributed by atoms with van der Waals surface area (Å²) in [5.41, 5.74) is -1.86. The summed E-state index contributed by atoms with van der Waals surface area (Å²) in [5.74, 6) is -1.90. The van der Waals surface area contributed by atoms with Crippen molar-refractivity contribution in [3.8, 4) is 0 Å². The Balaban J connectivity index is 3.15. The van der Waals surface area contributed by atoms with Gasteiger partial charge >= 0.3 is 11.7 Å². The lowest BCUT2D eigenvalue weighted by molar-refractivity contribution is -0.138. The Morgan fingerprint density at radius 3 is 2.53 bits per heavy atom. The molecule has 0 radical (unpaired) electrons. The molecule has 1 rings (SSSR count). The fraction of sp³-hybridized carbons (Fsp3) is 0.455. The SMILES string of the molecule is CCC(C)N(CC(=O)O)C(=O)c1c[nH]c(=O)[nH]c1=O. The number of amides is 1. The average molecular weight is 269 g/mol. The van der Waals surface area contributed by atoms with Gasteiger partial charge in [0.25, 0.3) is 11.5 Å². The van der Waals surface area contributed by atoms with Crippen LogP contribution < -0.4 is 11.2 Å². The third-order valence-corrected chi connectivity index (χ3v) is 2.74. The predicted molar refractivity (Wildman–Crippen MR) is 66.1 cm³/mol. The number of carbonyl (C=O) groups excluding carboxylic acids is 1. The van der Waals surface area contributed by atoms with E-state index in [2.05, 4.69) is 4.98 Å². The van der Waals surface area contributed by atoms with E-state index in [0.29, 0.717) is 6.42 Å². The number of rotatable bonds is 5. The summed E-state index contributed by atoms with van der Waals surface area (Å²) in [6, 6.07) is -0.338. The van der Waals surface area contributed by atoms with E-state index in [1.165, 1.54) is 0 Å². The van der Waals surface area contributed by atoms with Gasteiger partial charge in [-0.2, -0.15) is 0 Å². The summed E-state index contributed by atoms with van der Waals surface area (Å²) >= 11 is 0. The maximum Gasteiger partial charge on any atom is 0.325 e. The van der Waals surface area contributed by atoms with E-state index in [9.17, 15) is 19.2 Å². The molecular formula is C11H15N3O5. The van der Waals surface area contributed by atoms with Crippen LogP contribution in [0.3, 0.4) is 0 Å². The standard InChI is InChI=1S/C11H15N3O5/c1-3-6(2)14(5-8(15)16)10(18)7-4-12-11(19)13-9(7)17/h4,6H,3,5H2,1-2H3,(H,15,16)(H2,12,13,17,19). The number of nitrogens with one attached hydrogen (secondary N) is 2. The first-order chi connectivity index (χ1) is 8.86. The molecule has 0 bridgehead atoms. The van der Waals surface area contributed by atoms with Crippen LogP contribution in [0.1, 0.15) is 30.6 Å². The number of carboxylic acids is 1. The molecule has 0 aliphatic rings. The Morgan fingerprint density at radius 2 is 2.05 bits per heavy atom. The number of carboxylic acid groups (broad SMARTS) is 1. The van der Waals surface area contributed by atoms with Gasteiger partial charge in [0.05, 0.1) is 0 Å². The van der Waals surface area contributed by atoms with Crippen molar-refractivity contribution in [2.24, 2.45) is 0 Å².